The van der Waals surface area contributed by atoms with Crippen molar-refractivity contribution in [2.24, 2.45) is 0 Å². The average molecular weight is 375 g/mol. The van der Waals surface area contributed by atoms with Crippen molar-refractivity contribution in [3.63, 3.8) is 0 Å². The van der Waals surface area contributed by atoms with E-state index >= 15 is 0 Å². The van der Waals surface area contributed by atoms with Crippen LogP contribution in [0.5, 0.6) is 0 Å². The number of carbonyl (C=O) groups is 2. The number of nitrogens with one attached hydrogen (secondary N) is 2. The van der Waals surface area contributed by atoms with E-state index in [0.717, 1.165) is 17.8 Å². The zero-order valence-corrected chi connectivity index (χ0v) is 16.2. The maximum atomic E-state index is 12.3. The van der Waals surface area contributed by atoms with Crippen LogP contribution in [0.2, 0.25) is 0 Å². The molecule has 2 rings (SSSR count). The summed E-state index contributed by atoms with van der Waals surface area (Å²) < 4.78 is 0. The minimum Gasteiger partial charge on any atom is -0.326 e. The summed E-state index contributed by atoms with van der Waals surface area (Å²) >= 11 is 1.42. The Kier molecular flexibility index (Phi) is 8.21. The zero-order valence-electron chi connectivity index (χ0n) is 15.4. The molecule has 2 aromatic rings. The van der Waals surface area contributed by atoms with Crippen LogP contribution in [0.15, 0.2) is 24.3 Å². The monoisotopic (exact) mass is 374 g/mol. The summed E-state index contributed by atoms with van der Waals surface area (Å²) in [7, 11) is 0. The van der Waals surface area contributed by atoms with Gasteiger partial charge in [0.05, 0.1) is 0 Å². The Balaban J connectivity index is 1.78. The van der Waals surface area contributed by atoms with Crippen LogP contribution in [0, 0.1) is 0 Å². The molecule has 1 aromatic heterocycles. The largest absolute Gasteiger partial charge is 0.326 e. The molecule has 1 heterocycles. The van der Waals surface area contributed by atoms with Crippen molar-refractivity contribution in [1.29, 1.82) is 0 Å². The van der Waals surface area contributed by atoms with Crippen LogP contribution in [0.1, 0.15) is 67.7 Å². The van der Waals surface area contributed by atoms with Gasteiger partial charge in [-0.15, -0.1) is 10.2 Å². The predicted molar refractivity (Wildman–Crippen MR) is 106 cm³/mol. The number of hydrogen-bond acceptors (Lipinski definition) is 5. The molecule has 0 saturated heterocycles. The molecule has 2 N–H and O–H groups in total. The maximum Gasteiger partial charge on any atom is 0.257 e. The highest BCUT2D eigenvalue weighted by Gasteiger charge is 2.10. The first-order valence-electron chi connectivity index (χ1n) is 9.10. The number of aryl methyl sites for hydroxylation is 1. The van der Waals surface area contributed by atoms with Crippen molar-refractivity contribution < 1.29 is 9.59 Å². The summed E-state index contributed by atoms with van der Waals surface area (Å²) in [5.74, 6) is -0.379. The molecule has 0 saturated carbocycles. The third-order valence-corrected chi connectivity index (χ3v) is 4.80. The lowest BCUT2D eigenvalue weighted by Crippen LogP contribution is -2.12. The van der Waals surface area contributed by atoms with E-state index in [2.05, 4.69) is 27.8 Å². The molecule has 0 aliphatic heterocycles. The lowest BCUT2D eigenvalue weighted by atomic mass is 10.1. The van der Waals surface area contributed by atoms with Gasteiger partial charge in [-0.05, 0) is 30.7 Å². The van der Waals surface area contributed by atoms with Gasteiger partial charge in [0, 0.05) is 24.6 Å². The Bertz CT molecular complexity index is 713. The molecule has 0 aliphatic rings. The quantitative estimate of drug-likeness (QED) is 0.593. The van der Waals surface area contributed by atoms with Crippen LogP contribution < -0.4 is 10.6 Å². The van der Waals surface area contributed by atoms with Gasteiger partial charge in [-0.25, -0.2) is 0 Å². The Hall–Kier alpha value is -2.28. The maximum absolute atomic E-state index is 12.3. The van der Waals surface area contributed by atoms with Crippen molar-refractivity contribution in [2.75, 3.05) is 10.6 Å². The third kappa shape index (κ3) is 6.92. The highest BCUT2D eigenvalue weighted by atomic mass is 32.1. The van der Waals surface area contributed by atoms with E-state index in [0.29, 0.717) is 16.4 Å². The lowest BCUT2D eigenvalue weighted by Gasteiger charge is -2.04. The van der Waals surface area contributed by atoms with Gasteiger partial charge in [0.15, 0.2) is 0 Å². The van der Waals surface area contributed by atoms with Crippen molar-refractivity contribution >= 4 is 34.0 Å². The second-order valence-electron chi connectivity index (χ2n) is 6.23. The van der Waals surface area contributed by atoms with E-state index in [1.165, 1.54) is 50.4 Å². The number of aromatic nitrogens is 2. The molecule has 140 valence electrons. The lowest BCUT2D eigenvalue weighted by molar-refractivity contribution is -0.114. The fourth-order valence-electron chi connectivity index (χ4n) is 2.54. The van der Waals surface area contributed by atoms with Crippen molar-refractivity contribution in [3.8, 4) is 0 Å². The van der Waals surface area contributed by atoms with Crippen molar-refractivity contribution in [3.05, 3.63) is 34.8 Å². The topological polar surface area (TPSA) is 84.0 Å². The summed E-state index contributed by atoms with van der Waals surface area (Å²) in [5, 5.41) is 15.1. The highest BCUT2D eigenvalue weighted by molar-refractivity contribution is 7.15. The molecular formula is C19H26N4O2S. The number of amides is 2. The zero-order chi connectivity index (χ0) is 18.8. The molecule has 0 bridgehead atoms. The molecule has 0 unspecified atom stereocenters. The first-order valence-corrected chi connectivity index (χ1v) is 9.91. The molecule has 0 aliphatic carbocycles. The molecular weight excluding hydrogens is 348 g/mol. The van der Waals surface area contributed by atoms with Crippen molar-refractivity contribution in [1.82, 2.24) is 10.2 Å². The van der Waals surface area contributed by atoms with Crippen LogP contribution in [-0.2, 0) is 11.2 Å². The molecule has 26 heavy (non-hydrogen) atoms. The van der Waals surface area contributed by atoms with Crippen molar-refractivity contribution in [2.45, 2.75) is 58.8 Å². The minimum atomic E-state index is -0.235. The van der Waals surface area contributed by atoms with Gasteiger partial charge in [0.2, 0.25) is 11.0 Å². The number of rotatable bonds is 10. The van der Waals surface area contributed by atoms with Gasteiger partial charge in [0.25, 0.3) is 5.91 Å². The Morgan fingerprint density at radius 1 is 0.962 bits per heavy atom. The Labute approximate surface area is 158 Å². The van der Waals surface area contributed by atoms with E-state index in [4.69, 9.17) is 0 Å². The number of hydrogen-bond donors (Lipinski definition) is 2. The normalized spacial score (nSPS) is 10.5. The van der Waals surface area contributed by atoms with Crippen LogP contribution in [0.4, 0.5) is 10.8 Å². The van der Waals surface area contributed by atoms with E-state index in [1.807, 2.05) is 0 Å². The van der Waals surface area contributed by atoms with Crippen LogP contribution in [0.3, 0.4) is 0 Å². The number of anilines is 2. The molecule has 0 atom stereocenters. The molecule has 6 nitrogen and oxygen atoms in total. The number of nitrogens with zero attached hydrogens (tertiary/aromatic N) is 2. The van der Waals surface area contributed by atoms with Gasteiger partial charge in [0.1, 0.15) is 5.01 Å². The van der Waals surface area contributed by atoms with Crippen LogP contribution in [0.25, 0.3) is 0 Å². The minimum absolute atomic E-state index is 0.144. The highest BCUT2D eigenvalue weighted by Crippen LogP contribution is 2.19. The smallest absolute Gasteiger partial charge is 0.257 e. The summed E-state index contributed by atoms with van der Waals surface area (Å²) in [4.78, 5) is 23.3. The fraction of sp³-hybridized carbons (Fsp3) is 0.474. The summed E-state index contributed by atoms with van der Waals surface area (Å²) in [5.41, 5.74) is 1.16. The molecule has 1 aromatic carbocycles. The number of benzene rings is 1. The summed E-state index contributed by atoms with van der Waals surface area (Å²) in [6.45, 7) is 3.66. The summed E-state index contributed by atoms with van der Waals surface area (Å²) in [6, 6.07) is 6.72. The number of carbonyl (C=O) groups excluding carboxylic acids is 2. The van der Waals surface area contributed by atoms with Gasteiger partial charge in [-0.3, -0.25) is 14.9 Å². The van der Waals surface area contributed by atoms with E-state index in [-0.39, 0.29) is 11.8 Å². The Morgan fingerprint density at radius 2 is 1.65 bits per heavy atom. The van der Waals surface area contributed by atoms with Crippen LogP contribution >= 0.6 is 11.3 Å². The first-order chi connectivity index (χ1) is 12.6. The fourth-order valence-corrected chi connectivity index (χ4v) is 3.32. The molecule has 2 amide bonds. The van der Waals surface area contributed by atoms with E-state index in [1.54, 1.807) is 24.3 Å². The third-order valence-electron chi connectivity index (χ3n) is 3.90. The SMILES string of the molecule is CCCCCCCCc1nnc(NC(=O)c2ccc(NC(C)=O)cc2)s1. The Morgan fingerprint density at radius 3 is 2.35 bits per heavy atom. The standard InChI is InChI=1S/C19H26N4O2S/c1-3-4-5-6-7-8-9-17-22-23-19(26-17)21-18(25)15-10-12-16(13-11-15)20-14(2)24/h10-13H,3-9H2,1-2H3,(H,20,24)(H,21,23,25). The first kappa shape index (κ1) is 20.0. The van der Waals surface area contributed by atoms with Gasteiger partial charge in [-0.1, -0.05) is 50.4 Å². The second-order valence-corrected chi connectivity index (χ2v) is 7.29. The second kappa shape index (κ2) is 10.7. The van der Waals surface area contributed by atoms with Gasteiger partial charge >= 0.3 is 0 Å². The van der Waals surface area contributed by atoms with Gasteiger partial charge in [-0.2, -0.15) is 0 Å². The molecule has 0 radical (unpaired) electrons. The molecule has 0 fully saturated rings. The van der Waals surface area contributed by atoms with E-state index < -0.39 is 0 Å². The number of unbranched alkanes of at least 4 members (excludes halogenated alkanes) is 5. The van der Waals surface area contributed by atoms with Gasteiger partial charge < -0.3 is 5.32 Å². The van der Waals surface area contributed by atoms with Crippen LogP contribution in [-0.4, -0.2) is 22.0 Å². The summed E-state index contributed by atoms with van der Waals surface area (Å²) in [6.07, 6.45) is 8.36. The molecule has 0 spiro atoms. The average Bonchev–Trinajstić information content (AvgIpc) is 3.05. The molecule has 7 heteroatoms. The van der Waals surface area contributed by atoms with E-state index in [9.17, 15) is 9.59 Å². The predicted octanol–water partition coefficient (Wildman–Crippen LogP) is 4.65.